The molecule has 6 heteroatoms. The smallest absolute Gasteiger partial charge is 0.326 e. The Hall–Kier alpha value is -3.41. The summed E-state index contributed by atoms with van der Waals surface area (Å²) in [6, 6.07) is 17.4. The summed E-state index contributed by atoms with van der Waals surface area (Å²) in [5, 5.41) is 3.96. The highest BCUT2D eigenvalue weighted by Gasteiger charge is 2.11. The highest BCUT2D eigenvalue weighted by molar-refractivity contribution is 5.78. The summed E-state index contributed by atoms with van der Waals surface area (Å²) >= 11 is 0. The molecule has 0 saturated heterocycles. The third-order valence-electron chi connectivity index (χ3n) is 4.10. The predicted molar refractivity (Wildman–Crippen MR) is 96.2 cm³/mol. The monoisotopic (exact) mass is 347 g/mol. The number of aryl methyl sites for hydroxylation is 1. The zero-order valence-electron chi connectivity index (χ0n) is 14.3. The van der Waals surface area contributed by atoms with E-state index >= 15 is 0 Å². The summed E-state index contributed by atoms with van der Waals surface area (Å²) in [5.41, 5.74) is 4.43. The van der Waals surface area contributed by atoms with Crippen molar-refractivity contribution >= 4 is 17.0 Å². The number of carbonyl (C=O) groups is 1. The van der Waals surface area contributed by atoms with Crippen LogP contribution in [0.25, 0.3) is 22.4 Å². The normalized spacial score (nSPS) is 11.0. The average Bonchev–Trinajstić information content (AvgIpc) is 3.28. The van der Waals surface area contributed by atoms with Crippen molar-refractivity contribution in [3.8, 4) is 11.3 Å². The zero-order chi connectivity index (χ0) is 17.9. The van der Waals surface area contributed by atoms with Gasteiger partial charge in [0.15, 0.2) is 5.76 Å². The highest BCUT2D eigenvalue weighted by atomic mass is 16.5. The van der Waals surface area contributed by atoms with E-state index in [0.717, 1.165) is 16.6 Å². The maximum atomic E-state index is 12.1. The van der Waals surface area contributed by atoms with Crippen LogP contribution >= 0.6 is 0 Å². The van der Waals surface area contributed by atoms with Crippen molar-refractivity contribution < 1.29 is 14.1 Å². The molecule has 0 unspecified atom stereocenters. The summed E-state index contributed by atoms with van der Waals surface area (Å²) in [6.45, 7) is 2.20. The average molecular weight is 347 g/mol. The third kappa shape index (κ3) is 3.35. The minimum Gasteiger partial charge on any atom is -0.458 e. The number of para-hydroxylation sites is 2. The lowest BCUT2D eigenvalue weighted by molar-refractivity contribution is -0.145. The van der Waals surface area contributed by atoms with Gasteiger partial charge in [-0.15, -0.1) is 0 Å². The molecule has 26 heavy (non-hydrogen) atoms. The van der Waals surface area contributed by atoms with Gasteiger partial charge in [0, 0.05) is 11.6 Å². The molecular formula is C20H17N3O3. The van der Waals surface area contributed by atoms with Crippen molar-refractivity contribution in [1.82, 2.24) is 14.7 Å². The Morgan fingerprint density at radius 1 is 1.15 bits per heavy atom. The van der Waals surface area contributed by atoms with Crippen LogP contribution in [0.5, 0.6) is 0 Å². The Balaban J connectivity index is 1.38. The lowest BCUT2D eigenvalue weighted by Crippen LogP contribution is -2.12. The van der Waals surface area contributed by atoms with E-state index in [0.29, 0.717) is 11.5 Å². The second-order valence-corrected chi connectivity index (χ2v) is 6.07. The summed E-state index contributed by atoms with van der Waals surface area (Å²) in [6.07, 6.45) is 1.64. The van der Waals surface area contributed by atoms with E-state index in [1.165, 1.54) is 5.56 Å². The van der Waals surface area contributed by atoms with E-state index in [1.807, 2.05) is 55.5 Å². The van der Waals surface area contributed by atoms with Crippen LogP contribution in [-0.2, 0) is 22.7 Å². The first-order valence-corrected chi connectivity index (χ1v) is 8.27. The molecular weight excluding hydrogens is 330 g/mol. The lowest BCUT2D eigenvalue weighted by Gasteiger charge is -2.04. The van der Waals surface area contributed by atoms with Gasteiger partial charge in [-0.05, 0) is 19.1 Å². The first-order chi connectivity index (χ1) is 12.7. The largest absolute Gasteiger partial charge is 0.458 e. The van der Waals surface area contributed by atoms with Gasteiger partial charge in [-0.3, -0.25) is 4.79 Å². The summed E-state index contributed by atoms with van der Waals surface area (Å²) in [5.74, 6) is 0.296. The van der Waals surface area contributed by atoms with Crippen LogP contribution in [0, 0.1) is 6.92 Å². The van der Waals surface area contributed by atoms with Gasteiger partial charge < -0.3 is 13.8 Å². The molecule has 0 N–H and O–H groups in total. The Kier molecular flexibility index (Phi) is 4.23. The molecule has 130 valence electrons. The van der Waals surface area contributed by atoms with E-state index in [4.69, 9.17) is 9.26 Å². The number of benzene rings is 2. The minimum absolute atomic E-state index is 0.0703. The third-order valence-corrected chi connectivity index (χ3v) is 4.10. The number of rotatable bonds is 5. The number of ether oxygens (including phenoxy) is 1. The van der Waals surface area contributed by atoms with Crippen molar-refractivity contribution in [1.29, 1.82) is 0 Å². The summed E-state index contributed by atoms with van der Waals surface area (Å²) in [7, 11) is 0. The Labute approximate surface area is 150 Å². The first-order valence-electron chi connectivity index (χ1n) is 8.27. The number of imidazole rings is 1. The fraction of sp³-hybridized carbons (Fsp3) is 0.150. The van der Waals surface area contributed by atoms with Gasteiger partial charge in [0.25, 0.3) is 0 Å². The number of nitrogens with zero attached hydrogens (tertiary/aromatic N) is 3. The Morgan fingerprint density at radius 3 is 2.81 bits per heavy atom. The number of aromatic nitrogens is 3. The fourth-order valence-electron chi connectivity index (χ4n) is 2.71. The summed E-state index contributed by atoms with van der Waals surface area (Å²) in [4.78, 5) is 16.4. The lowest BCUT2D eigenvalue weighted by atomic mass is 10.1. The maximum absolute atomic E-state index is 12.1. The standard InChI is InChI=1S/C20H17N3O3/c1-14-6-8-15(9-7-14)19-10-16(22-26-19)12-25-20(24)11-23-13-21-17-4-2-3-5-18(17)23/h2-10,13H,11-12H2,1H3. The molecule has 6 nitrogen and oxygen atoms in total. The van der Waals surface area contributed by atoms with Crippen molar-refractivity contribution in [3.63, 3.8) is 0 Å². The van der Waals surface area contributed by atoms with Gasteiger partial charge >= 0.3 is 5.97 Å². The molecule has 0 saturated carbocycles. The molecule has 0 spiro atoms. The number of fused-ring (bicyclic) bond motifs is 1. The first kappa shape index (κ1) is 16.1. The van der Waals surface area contributed by atoms with Gasteiger partial charge in [0.05, 0.1) is 17.4 Å². The number of carbonyl (C=O) groups excluding carboxylic acids is 1. The van der Waals surface area contributed by atoms with Crippen molar-refractivity contribution in [2.45, 2.75) is 20.1 Å². The Morgan fingerprint density at radius 2 is 1.96 bits per heavy atom. The highest BCUT2D eigenvalue weighted by Crippen LogP contribution is 2.21. The van der Waals surface area contributed by atoms with E-state index < -0.39 is 0 Å². The van der Waals surface area contributed by atoms with Gasteiger partial charge in [-0.25, -0.2) is 4.98 Å². The van der Waals surface area contributed by atoms with Crippen LogP contribution in [0.15, 0.2) is 65.4 Å². The molecule has 0 aliphatic carbocycles. The number of hydrogen-bond donors (Lipinski definition) is 0. The molecule has 2 aromatic carbocycles. The van der Waals surface area contributed by atoms with Crippen molar-refractivity contribution in [3.05, 3.63) is 72.2 Å². The van der Waals surface area contributed by atoms with Crippen LogP contribution in [0.4, 0.5) is 0 Å². The molecule has 4 rings (SSSR count). The molecule has 0 aliphatic rings. The molecule has 0 aliphatic heterocycles. The quantitative estimate of drug-likeness (QED) is 0.514. The molecule has 0 bridgehead atoms. The van der Waals surface area contributed by atoms with Crippen molar-refractivity contribution in [2.24, 2.45) is 0 Å². The van der Waals surface area contributed by atoms with E-state index in [1.54, 1.807) is 17.0 Å². The molecule has 0 amide bonds. The predicted octanol–water partition coefficient (Wildman–Crippen LogP) is 3.74. The van der Waals surface area contributed by atoms with Gasteiger partial charge in [0.2, 0.25) is 0 Å². The second-order valence-electron chi connectivity index (χ2n) is 6.07. The van der Waals surface area contributed by atoms with Gasteiger partial charge in [-0.2, -0.15) is 0 Å². The molecule has 0 fully saturated rings. The van der Waals surface area contributed by atoms with Crippen molar-refractivity contribution in [2.75, 3.05) is 0 Å². The number of esters is 1. The number of hydrogen-bond acceptors (Lipinski definition) is 5. The SMILES string of the molecule is Cc1ccc(-c2cc(COC(=O)Cn3cnc4ccccc43)no2)cc1. The van der Waals surface area contributed by atoms with Crippen LogP contribution in [-0.4, -0.2) is 20.7 Å². The van der Waals surface area contributed by atoms with Crippen LogP contribution in [0.1, 0.15) is 11.3 Å². The molecule has 2 aromatic heterocycles. The molecule has 4 aromatic rings. The van der Waals surface area contributed by atoms with E-state index in [-0.39, 0.29) is 19.1 Å². The zero-order valence-corrected chi connectivity index (χ0v) is 14.3. The van der Waals surface area contributed by atoms with E-state index in [2.05, 4.69) is 10.1 Å². The molecule has 2 heterocycles. The van der Waals surface area contributed by atoms with Gasteiger partial charge in [0.1, 0.15) is 18.8 Å². The Bertz CT molecular complexity index is 1050. The van der Waals surface area contributed by atoms with Crippen LogP contribution in [0.2, 0.25) is 0 Å². The van der Waals surface area contributed by atoms with Gasteiger partial charge in [-0.1, -0.05) is 47.1 Å². The molecule has 0 atom stereocenters. The fourth-order valence-corrected chi connectivity index (χ4v) is 2.71. The van der Waals surface area contributed by atoms with Crippen LogP contribution in [0.3, 0.4) is 0 Å². The minimum atomic E-state index is -0.354. The maximum Gasteiger partial charge on any atom is 0.326 e. The topological polar surface area (TPSA) is 70.2 Å². The summed E-state index contributed by atoms with van der Waals surface area (Å²) < 4.78 is 12.4. The second kappa shape index (κ2) is 6.84. The van der Waals surface area contributed by atoms with Crippen LogP contribution < -0.4 is 0 Å². The van der Waals surface area contributed by atoms with E-state index in [9.17, 15) is 4.79 Å². The molecule has 0 radical (unpaired) electrons.